The normalized spacial score (nSPS) is 20.8. The van der Waals surface area contributed by atoms with E-state index in [1.165, 1.54) is 14.0 Å². The highest BCUT2D eigenvalue weighted by Crippen LogP contribution is 2.45. The fourth-order valence-electron chi connectivity index (χ4n) is 5.13. The average molecular weight is 496 g/mol. The van der Waals surface area contributed by atoms with Crippen molar-refractivity contribution in [2.45, 2.75) is 50.7 Å². The monoisotopic (exact) mass is 495 g/mol. The molecule has 1 aliphatic heterocycles. The topological polar surface area (TPSA) is 74.9 Å². The first-order chi connectivity index (χ1) is 17.4. The summed E-state index contributed by atoms with van der Waals surface area (Å²) in [5, 5.41) is 0. The molecule has 1 aromatic heterocycles. The van der Waals surface area contributed by atoms with Gasteiger partial charge in [0.05, 0.1) is 25.2 Å². The number of esters is 1. The van der Waals surface area contributed by atoms with E-state index in [-0.39, 0.29) is 29.8 Å². The number of carbonyl (C=O) groups is 1. The number of aliphatic imine (C=N–C) groups is 1. The Bertz CT molecular complexity index is 1260. The van der Waals surface area contributed by atoms with E-state index in [4.69, 9.17) is 19.2 Å². The Kier molecular flexibility index (Phi) is 6.71. The Balaban J connectivity index is 1.56. The summed E-state index contributed by atoms with van der Waals surface area (Å²) in [5.74, 6) is 0.281. The predicted octanol–water partition coefficient (Wildman–Crippen LogP) is 4.94. The molecular weight excluding hydrogens is 468 g/mol. The van der Waals surface area contributed by atoms with Gasteiger partial charge in [-0.3, -0.25) is 9.79 Å². The third-order valence-corrected chi connectivity index (χ3v) is 6.69. The second-order valence-electron chi connectivity index (χ2n) is 9.01. The van der Waals surface area contributed by atoms with Gasteiger partial charge in [0.1, 0.15) is 12.7 Å². The third-order valence-electron chi connectivity index (χ3n) is 6.69. The number of hydrogen-bond acceptors (Lipinski definition) is 6. The molecule has 1 aliphatic carbocycles. The van der Waals surface area contributed by atoms with Crippen LogP contribution in [0.3, 0.4) is 0 Å². The van der Waals surface area contributed by atoms with Crippen LogP contribution in [-0.4, -0.2) is 53.5 Å². The van der Waals surface area contributed by atoms with Gasteiger partial charge in [0, 0.05) is 42.0 Å². The van der Waals surface area contributed by atoms with Gasteiger partial charge in [0.25, 0.3) is 6.43 Å². The third kappa shape index (κ3) is 4.82. The van der Waals surface area contributed by atoms with Crippen LogP contribution in [0.15, 0.2) is 60.1 Å². The number of halogens is 2. The molecule has 0 radical (unpaired) electrons. The average Bonchev–Trinajstić information content (AvgIpc) is 3.41. The summed E-state index contributed by atoms with van der Waals surface area (Å²) >= 11 is 0. The van der Waals surface area contributed by atoms with Gasteiger partial charge in [-0.15, -0.1) is 0 Å². The quantitative estimate of drug-likeness (QED) is 0.434. The number of ether oxygens (including phenoxy) is 3. The number of fused-ring (bicyclic) bond motifs is 3. The highest BCUT2D eigenvalue weighted by molar-refractivity contribution is 6.15. The van der Waals surface area contributed by atoms with Crippen molar-refractivity contribution in [3.8, 4) is 17.2 Å². The number of imidazole rings is 1. The number of aromatic nitrogens is 2. The van der Waals surface area contributed by atoms with Crippen molar-refractivity contribution in [3.63, 3.8) is 0 Å². The van der Waals surface area contributed by atoms with E-state index in [9.17, 15) is 13.6 Å². The Labute approximate surface area is 207 Å². The molecule has 0 saturated heterocycles. The fourth-order valence-corrected chi connectivity index (χ4v) is 5.13. The maximum Gasteiger partial charge on any atom is 0.302 e. The number of carbonyl (C=O) groups excluding carboxylic acids is 1. The van der Waals surface area contributed by atoms with Crippen LogP contribution in [0.4, 0.5) is 8.78 Å². The van der Waals surface area contributed by atoms with Crippen LogP contribution in [0.5, 0.6) is 11.5 Å². The van der Waals surface area contributed by atoms with Gasteiger partial charge in [-0.2, -0.15) is 0 Å². The summed E-state index contributed by atoms with van der Waals surface area (Å²) in [5.41, 5.74) is 4.51. The van der Waals surface area contributed by atoms with Crippen LogP contribution in [-0.2, 0) is 9.53 Å². The molecule has 1 fully saturated rings. The van der Waals surface area contributed by atoms with Gasteiger partial charge >= 0.3 is 5.97 Å². The smallest absolute Gasteiger partial charge is 0.302 e. The number of benzene rings is 2. The first-order valence-electron chi connectivity index (χ1n) is 11.9. The molecule has 3 atom stereocenters. The largest absolute Gasteiger partial charge is 0.493 e. The van der Waals surface area contributed by atoms with Crippen molar-refractivity contribution in [3.05, 3.63) is 71.8 Å². The van der Waals surface area contributed by atoms with Crippen LogP contribution in [0.2, 0.25) is 0 Å². The molecule has 1 saturated carbocycles. The minimum Gasteiger partial charge on any atom is -0.493 e. The van der Waals surface area contributed by atoms with Gasteiger partial charge in [0.15, 0.2) is 11.5 Å². The molecule has 9 heteroatoms. The maximum absolute atomic E-state index is 12.9. The Morgan fingerprint density at radius 2 is 1.97 bits per heavy atom. The van der Waals surface area contributed by atoms with Crippen LogP contribution in [0, 0.1) is 0 Å². The first kappa shape index (κ1) is 24.0. The van der Waals surface area contributed by atoms with Crippen molar-refractivity contribution in [2.24, 2.45) is 4.99 Å². The van der Waals surface area contributed by atoms with Gasteiger partial charge < -0.3 is 18.8 Å². The van der Waals surface area contributed by atoms with Gasteiger partial charge in [-0.1, -0.05) is 12.1 Å². The predicted molar refractivity (Wildman–Crippen MR) is 130 cm³/mol. The van der Waals surface area contributed by atoms with E-state index < -0.39 is 13.0 Å². The number of nitrogens with zero attached hydrogens (tertiary/aromatic N) is 3. The highest BCUT2D eigenvalue weighted by atomic mass is 19.3. The molecule has 3 aromatic rings. The van der Waals surface area contributed by atoms with Crippen LogP contribution < -0.4 is 9.47 Å². The Morgan fingerprint density at radius 3 is 2.64 bits per heavy atom. The molecular formula is C27H27F2N3O4. The summed E-state index contributed by atoms with van der Waals surface area (Å²) in [4.78, 5) is 20.8. The summed E-state index contributed by atoms with van der Waals surface area (Å²) < 4.78 is 44.2. The van der Waals surface area contributed by atoms with Crippen molar-refractivity contribution in [2.75, 3.05) is 13.7 Å². The minimum atomic E-state index is -2.60. The first-order valence-corrected chi connectivity index (χ1v) is 11.9. The molecule has 0 N–H and O–H groups in total. The van der Waals surface area contributed by atoms with Crippen LogP contribution >= 0.6 is 0 Å². The number of alkyl halides is 2. The molecule has 0 bridgehead atoms. The summed E-state index contributed by atoms with van der Waals surface area (Å²) in [6.45, 7) is 0.682. The maximum atomic E-state index is 12.9. The summed E-state index contributed by atoms with van der Waals surface area (Å²) in [6.07, 6.45) is 4.59. The molecule has 0 amide bonds. The van der Waals surface area contributed by atoms with E-state index in [1.54, 1.807) is 18.6 Å². The molecule has 2 aliphatic rings. The van der Waals surface area contributed by atoms with Gasteiger partial charge in [-0.05, 0) is 49.1 Å². The molecule has 36 heavy (non-hydrogen) atoms. The van der Waals surface area contributed by atoms with E-state index in [0.717, 1.165) is 40.9 Å². The van der Waals surface area contributed by atoms with E-state index in [2.05, 4.69) is 4.98 Å². The summed E-state index contributed by atoms with van der Waals surface area (Å²) in [6, 6.07) is 11.6. The molecule has 3 unspecified atom stereocenters. The lowest BCUT2D eigenvalue weighted by Crippen LogP contribution is -2.36. The van der Waals surface area contributed by atoms with Crippen molar-refractivity contribution >= 4 is 11.7 Å². The standard InChI is InChI=1S/C27H27F2N3O4/c1-16(33)36-19-7-8-23-21(11-19)20-12-25(35-14-26(28)29)24(34-2)13-22(20)27(31-23)17-3-5-18(6-4-17)32-10-9-30-15-32/h3-6,9-10,12-13,15,19,21,23,26H,7-8,11,14H2,1-2H3. The number of methoxy groups -OCH3 is 1. The lowest BCUT2D eigenvalue weighted by Gasteiger charge is -2.38. The van der Waals surface area contributed by atoms with Crippen LogP contribution in [0.25, 0.3) is 5.69 Å². The van der Waals surface area contributed by atoms with E-state index >= 15 is 0 Å². The lowest BCUT2D eigenvalue weighted by molar-refractivity contribution is -0.148. The zero-order valence-corrected chi connectivity index (χ0v) is 20.1. The molecule has 188 valence electrons. The second-order valence-corrected chi connectivity index (χ2v) is 9.01. The molecule has 2 aromatic carbocycles. The Hall–Kier alpha value is -3.75. The van der Waals surface area contributed by atoms with Gasteiger partial charge in [-0.25, -0.2) is 13.8 Å². The number of hydrogen-bond donors (Lipinski definition) is 0. The van der Waals surface area contributed by atoms with Crippen LogP contribution in [0.1, 0.15) is 48.8 Å². The second kappa shape index (κ2) is 10.1. The van der Waals surface area contributed by atoms with Crippen molar-refractivity contribution < 1.29 is 27.8 Å². The molecule has 0 spiro atoms. The SMILES string of the molecule is COc1cc2c(cc1OCC(F)F)C1CC(OC(C)=O)CCC1N=C2c1ccc(-n2ccnc2)cc1. The van der Waals surface area contributed by atoms with Gasteiger partial charge in [0.2, 0.25) is 0 Å². The highest BCUT2D eigenvalue weighted by Gasteiger charge is 2.38. The minimum absolute atomic E-state index is 0.0241. The summed E-state index contributed by atoms with van der Waals surface area (Å²) in [7, 11) is 1.48. The van der Waals surface area contributed by atoms with E-state index in [0.29, 0.717) is 12.2 Å². The molecule has 5 rings (SSSR count). The molecule has 7 nitrogen and oxygen atoms in total. The fraction of sp³-hybridized carbons (Fsp3) is 0.370. The Morgan fingerprint density at radius 1 is 1.17 bits per heavy atom. The number of rotatable bonds is 7. The molecule has 2 heterocycles. The zero-order chi connectivity index (χ0) is 25.2. The van der Waals surface area contributed by atoms with Crippen molar-refractivity contribution in [1.82, 2.24) is 9.55 Å². The lowest BCUT2D eigenvalue weighted by atomic mass is 9.74. The zero-order valence-electron chi connectivity index (χ0n) is 20.1. The van der Waals surface area contributed by atoms with Crippen molar-refractivity contribution in [1.29, 1.82) is 0 Å². The van der Waals surface area contributed by atoms with E-state index in [1.807, 2.05) is 41.1 Å².